The van der Waals surface area contributed by atoms with Crippen LogP contribution in [0.5, 0.6) is 0 Å². The van der Waals surface area contributed by atoms with E-state index in [1.54, 1.807) is 6.08 Å². The van der Waals surface area contributed by atoms with Gasteiger partial charge in [0.15, 0.2) is 5.06 Å². The maximum absolute atomic E-state index is 10.3. The Balaban J connectivity index is 2.65. The van der Waals surface area contributed by atoms with E-state index >= 15 is 0 Å². The van der Waals surface area contributed by atoms with Crippen LogP contribution >= 0.6 is 34.8 Å². The summed E-state index contributed by atoms with van der Waals surface area (Å²) in [6.07, 6.45) is 3.26. The molecule has 78 valence electrons. The van der Waals surface area contributed by atoms with E-state index < -0.39 is 17.6 Å². The van der Waals surface area contributed by atoms with Crippen LogP contribution in [0.2, 0.25) is 0 Å². The third-order valence-electron chi connectivity index (χ3n) is 1.57. The molecule has 0 heterocycles. The van der Waals surface area contributed by atoms with Gasteiger partial charge >= 0.3 is 5.97 Å². The van der Waals surface area contributed by atoms with E-state index in [0.717, 1.165) is 0 Å². The van der Waals surface area contributed by atoms with Crippen molar-refractivity contribution in [2.45, 2.75) is 11.5 Å². The lowest BCUT2D eigenvalue weighted by Crippen LogP contribution is -2.27. The Labute approximate surface area is 95.9 Å². The highest BCUT2D eigenvalue weighted by Gasteiger charge is 2.29. The smallest absolute Gasteiger partial charge is 0.329 e. The van der Waals surface area contributed by atoms with Crippen molar-refractivity contribution in [1.82, 2.24) is 0 Å². The predicted octanol–water partition coefficient (Wildman–Crippen LogP) is 2.67. The van der Waals surface area contributed by atoms with Gasteiger partial charge in [0.2, 0.25) is 0 Å². The number of hydrogen-bond donors (Lipinski definition) is 1. The second-order valence-corrected chi connectivity index (χ2v) is 4.17. The number of hydrogen-bond acceptors (Lipinski definition) is 2. The normalized spacial score (nSPS) is 26.8. The summed E-state index contributed by atoms with van der Waals surface area (Å²) in [5.74, 6) is -1.09. The van der Waals surface area contributed by atoms with Crippen molar-refractivity contribution in [1.29, 1.82) is 0 Å². The molecule has 1 aliphatic rings. The van der Waals surface area contributed by atoms with Crippen molar-refractivity contribution < 1.29 is 14.6 Å². The molecule has 0 aromatic heterocycles. The number of carboxylic acids is 1. The molecular weight excluding hydrogens is 250 g/mol. The number of alkyl halides is 1. The summed E-state index contributed by atoms with van der Waals surface area (Å²) in [7, 11) is 0. The predicted molar refractivity (Wildman–Crippen MR) is 54.7 cm³/mol. The molecule has 0 fully saturated rings. The second kappa shape index (κ2) is 4.53. The van der Waals surface area contributed by atoms with E-state index in [2.05, 4.69) is 0 Å². The zero-order valence-electron chi connectivity index (χ0n) is 6.97. The molecule has 0 aliphatic heterocycles. The van der Waals surface area contributed by atoms with Gasteiger partial charge < -0.3 is 9.84 Å². The van der Waals surface area contributed by atoms with Crippen molar-refractivity contribution in [3.8, 4) is 0 Å². The Hall–Kier alpha value is -0.220. The average molecular weight is 258 g/mol. The SMILES string of the molecule is O=C(O)COC1(Cl)C=C(Cl)C(Cl)=CC1. The third-order valence-corrected chi connectivity index (χ3v) is 2.71. The van der Waals surface area contributed by atoms with Gasteiger partial charge in [-0.3, -0.25) is 0 Å². The van der Waals surface area contributed by atoms with Crippen LogP contribution in [0.15, 0.2) is 22.2 Å². The minimum atomic E-state index is -1.20. The molecule has 1 rings (SSSR count). The molecule has 0 aromatic rings. The lowest BCUT2D eigenvalue weighted by Gasteiger charge is -2.25. The first-order chi connectivity index (χ1) is 6.43. The zero-order chi connectivity index (χ0) is 10.8. The van der Waals surface area contributed by atoms with E-state index in [4.69, 9.17) is 44.6 Å². The minimum Gasteiger partial charge on any atom is -0.480 e. The molecule has 14 heavy (non-hydrogen) atoms. The number of rotatable bonds is 3. The zero-order valence-corrected chi connectivity index (χ0v) is 9.23. The molecular formula is C8H7Cl3O3. The highest BCUT2D eigenvalue weighted by Crippen LogP contribution is 2.35. The fraction of sp³-hybridized carbons (Fsp3) is 0.375. The average Bonchev–Trinajstić information content (AvgIpc) is 2.09. The Morgan fingerprint density at radius 3 is 2.71 bits per heavy atom. The fourth-order valence-electron chi connectivity index (χ4n) is 0.926. The first-order valence-corrected chi connectivity index (χ1v) is 4.85. The van der Waals surface area contributed by atoms with Crippen LogP contribution in [-0.2, 0) is 9.53 Å². The molecule has 0 amide bonds. The molecule has 1 aliphatic carbocycles. The number of halogens is 3. The molecule has 1 unspecified atom stereocenters. The van der Waals surface area contributed by atoms with Gasteiger partial charge in [0.25, 0.3) is 0 Å². The molecule has 0 saturated heterocycles. The van der Waals surface area contributed by atoms with Crippen LogP contribution in [0.25, 0.3) is 0 Å². The van der Waals surface area contributed by atoms with Crippen LogP contribution in [0.1, 0.15) is 6.42 Å². The summed E-state index contributed by atoms with van der Waals surface area (Å²) in [6, 6.07) is 0. The van der Waals surface area contributed by atoms with Gasteiger partial charge in [-0.25, -0.2) is 4.79 Å². The number of carbonyl (C=O) groups is 1. The fourth-order valence-corrected chi connectivity index (χ4v) is 1.61. The number of aliphatic carboxylic acids is 1. The highest BCUT2D eigenvalue weighted by atomic mass is 35.5. The van der Waals surface area contributed by atoms with Crippen LogP contribution in [0.3, 0.4) is 0 Å². The molecule has 3 nitrogen and oxygen atoms in total. The van der Waals surface area contributed by atoms with Gasteiger partial charge in [-0.15, -0.1) is 0 Å². The minimum absolute atomic E-state index is 0.262. The maximum atomic E-state index is 10.3. The van der Waals surface area contributed by atoms with Gasteiger partial charge in [0.05, 0.1) is 10.1 Å². The number of ether oxygens (including phenoxy) is 1. The van der Waals surface area contributed by atoms with E-state index in [0.29, 0.717) is 5.03 Å². The van der Waals surface area contributed by atoms with E-state index in [9.17, 15) is 4.79 Å². The Morgan fingerprint density at radius 1 is 1.57 bits per heavy atom. The first-order valence-electron chi connectivity index (χ1n) is 3.72. The molecule has 6 heteroatoms. The molecule has 0 spiro atoms. The van der Waals surface area contributed by atoms with Crippen LogP contribution in [0.4, 0.5) is 0 Å². The first kappa shape index (κ1) is 11.9. The summed E-state index contributed by atoms with van der Waals surface area (Å²) >= 11 is 17.3. The van der Waals surface area contributed by atoms with Crippen molar-refractivity contribution in [2.75, 3.05) is 6.61 Å². The van der Waals surface area contributed by atoms with E-state index in [1.165, 1.54) is 6.08 Å². The molecule has 1 atom stereocenters. The van der Waals surface area contributed by atoms with Gasteiger partial charge in [-0.05, 0) is 6.08 Å². The molecule has 0 aromatic carbocycles. The standard InChI is InChI=1S/C8H7Cl3O3/c9-5-1-2-8(11,3-6(5)10)14-4-7(12)13/h1,3H,2,4H2,(H,12,13). The quantitative estimate of drug-likeness (QED) is 0.791. The monoisotopic (exact) mass is 256 g/mol. The van der Waals surface area contributed by atoms with Gasteiger partial charge in [0.1, 0.15) is 6.61 Å². The Morgan fingerprint density at radius 2 is 2.21 bits per heavy atom. The maximum Gasteiger partial charge on any atom is 0.329 e. The summed E-state index contributed by atoms with van der Waals surface area (Å²) in [5, 5.41) is 7.85. The summed E-state index contributed by atoms with van der Waals surface area (Å²) < 4.78 is 4.95. The topological polar surface area (TPSA) is 46.5 Å². The van der Waals surface area contributed by atoms with Gasteiger partial charge in [0, 0.05) is 6.42 Å². The highest BCUT2D eigenvalue weighted by molar-refractivity contribution is 6.44. The van der Waals surface area contributed by atoms with Gasteiger partial charge in [-0.2, -0.15) is 0 Å². The Kier molecular flexibility index (Phi) is 3.84. The van der Waals surface area contributed by atoms with Gasteiger partial charge in [-0.1, -0.05) is 40.9 Å². The van der Waals surface area contributed by atoms with Crippen molar-refractivity contribution in [3.63, 3.8) is 0 Å². The van der Waals surface area contributed by atoms with E-state index in [-0.39, 0.29) is 11.5 Å². The molecule has 0 saturated carbocycles. The largest absolute Gasteiger partial charge is 0.480 e. The molecule has 0 radical (unpaired) electrons. The lowest BCUT2D eigenvalue weighted by atomic mass is 10.1. The van der Waals surface area contributed by atoms with Crippen LogP contribution in [0, 0.1) is 0 Å². The van der Waals surface area contributed by atoms with Crippen molar-refractivity contribution in [3.05, 3.63) is 22.2 Å². The van der Waals surface area contributed by atoms with Crippen molar-refractivity contribution in [2.24, 2.45) is 0 Å². The summed E-state index contributed by atoms with van der Waals surface area (Å²) in [6.45, 7) is -0.477. The number of allylic oxidation sites excluding steroid dienone is 2. The van der Waals surface area contributed by atoms with Crippen LogP contribution in [-0.4, -0.2) is 22.7 Å². The van der Waals surface area contributed by atoms with Crippen molar-refractivity contribution >= 4 is 40.8 Å². The Bertz CT molecular complexity index is 311. The second-order valence-electron chi connectivity index (χ2n) is 2.72. The van der Waals surface area contributed by atoms with Crippen LogP contribution < -0.4 is 0 Å². The number of carboxylic acid groups (broad SMARTS) is 1. The third kappa shape index (κ3) is 3.17. The van der Waals surface area contributed by atoms with E-state index in [1.807, 2.05) is 0 Å². The molecule has 1 N–H and O–H groups in total. The molecule has 0 bridgehead atoms. The lowest BCUT2D eigenvalue weighted by molar-refractivity contribution is -0.144. The summed E-state index contributed by atoms with van der Waals surface area (Å²) in [4.78, 5) is 10.3. The summed E-state index contributed by atoms with van der Waals surface area (Å²) in [5.41, 5.74) is 0.